The van der Waals surface area contributed by atoms with Crippen LogP contribution in [0.5, 0.6) is 5.75 Å². The summed E-state index contributed by atoms with van der Waals surface area (Å²) in [6, 6.07) is 4.09. The zero-order chi connectivity index (χ0) is 13.3. The molecule has 0 aliphatic rings. The number of nitrogens with zero attached hydrogens (tertiary/aromatic N) is 4. The van der Waals surface area contributed by atoms with Gasteiger partial charge in [-0.15, -0.1) is 5.10 Å². The first kappa shape index (κ1) is 12.6. The standard InChI is InChI=1S/C9H6ClF3N4O/c1-18-7-3-2-5(4-6(7)10)17-8(9(11,12)13)14-15-16-17/h2-4H,1H3. The third-order valence-corrected chi connectivity index (χ3v) is 2.40. The Labute approximate surface area is 104 Å². The van der Waals surface area contributed by atoms with Gasteiger partial charge in [-0.05, 0) is 28.6 Å². The summed E-state index contributed by atoms with van der Waals surface area (Å²) in [5, 5.41) is 9.40. The van der Waals surface area contributed by atoms with E-state index in [4.69, 9.17) is 16.3 Å². The number of halogens is 4. The fourth-order valence-electron chi connectivity index (χ4n) is 1.32. The minimum Gasteiger partial charge on any atom is -0.495 e. The van der Waals surface area contributed by atoms with Gasteiger partial charge < -0.3 is 4.74 Å². The minimum absolute atomic E-state index is 0.0955. The van der Waals surface area contributed by atoms with Crippen LogP contribution in [0.1, 0.15) is 5.82 Å². The fourth-order valence-corrected chi connectivity index (χ4v) is 1.58. The van der Waals surface area contributed by atoms with Gasteiger partial charge in [0.05, 0.1) is 17.8 Å². The minimum atomic E-state index is -4.64. The number of methoxy groups -OCH3 is 1. The number of hydrogen-bond acceptors (Lipinski definition) is 4. The summed E-state index contributed by atoms with van der Waals surface area (Å²) in [6.45, 7) is 0. The van der Waals surface area contributed by atoms with Crippen LogP contribution in [0.3, 0.4) is 0 Å². The molecule has 2 aromatic rings. The Morgan fingerprint density at radius 3 is 2.61 bits per heavy atom. The number of alkyl halides is 3. The highest BCUT2D eigenvalue weighted by atomic mass is 35.5. The quantitative estimate of drug-likeness (QED) is 0.846. The molecule has 0 spiro atoms. The summed E-state index contributed by atoms with van der Waals surface area (Å²) in [6.07, 6.45) is -4.64. The van der Waals surface area contributed by atoms with Crippen LogP contribution in [0.2, 0.25) is 5.02 Å². The van der Waals surface area contributed by atoms with Crippen molar-refractivity contribution in [2.75, 3.05) is 7.11 Å². The molecule has 0 amide bonds. The van der Waals surface area contributed by atoms with Crippen molar-refractivity contribution in [3.05, 3.63) is 29.0 Å². The van der Waals surface area contributed by atoms with Gasteiger partial charge in [0.2, 0.25) is 0 Å². The molecule has 0 saturated carbocycles. The largest absolute Gasteiger partial charge is 0.495 e. The maximum Gasteiger partial charge on any atom is 0.453 e. The summed E-state index contributed by atoms with van der Waals surface area (Å²) in [7, 11) is 1.40. The molecular formula is C9H6ClF3N4O. The van der Waals surface area contributed by atoms with Crippen molar-refractivity contribution < 1.29 is 17.9 Å². The zero-order valence-corrected chi connectivity index (χ0v) is 9.70. The Morgan fingerprint density at radius 1 is 1.33 bits per heavy atom. The number of rotatable bonds is 2. The number of benzene rings is 1. The first-order chi connectivity index (χ1) is 8.43. The van der Waals surface area contributed by atoms with Crippen LogP contribution in [0, 0.1) is 0 Å². The van der Waals surface area contributed by atoms with Crippen LogP contribution in [-0.2, 0) is 6.18 Å². The Balaban J connectivity index is 2.50. The first-order valence-corrected chi connectivity index (χ1v) is 5.01. The summed E-state index contributed by atoms with van der Waals surface area (Å²) in [5.41, 5.74) is 0.0955. The predicted molar refractivity (Wildman–Crippen MR) is 55.7 cm³/mol. The third kappa shape index (κ3) is 2.23. The molecule has 0 radical (unpaired) electrons. The van der Waals surface area contributed by atoms with Gasteiger partial charge in [-0.25, -0.2) is 0 Å². The number of aromatic nitrogens is 4. The molecule has 0 bridgehead atoms. The topological polar surface area (TPSA) is 52.8 Å². The van der Waals surface area contributed by atoms with Gasteiger partial charge in [0.25, 0.3) is 5.82 Å². The van der Waals surface area contributed by atoms with Gasteiger partial charge in [-0.2, -0.15) is 17.9 Å². The van der Waals surface area contributed by atoms with Crippen LogP contribution in [-0.4, -0.2) is 27.3 Å². The summed E-state index contributed by atoms with van der Waals surface area (Å²) in [4.78, 5) is 0. The highest BCUT2D eigenvalue weighted by Crippen LogP contribution is 2.31. The van der Waals surface area contributed by atoms with Crippen molar-refractivity contribution >= 4 is 11.6 Å². The van der Waals surface area contributed by atoms with Crippen molar-refractivity contribution in [1.82, 2.24) is 20.2 Å². The lowest BCUT2D eigenvalue weighted by atomic mass is 10.3. The van der Waals surface area contributed by atoms with Gasteiger partial charge in [0.15, 0.2) is 0 Å². The molecule has 0 N–H and O–H groups in total. The number of hydrogen-bond donors (Lipinski definition) is 0. The fraction of sp³-hybridized carbons (Fsp3) is 0.222. The molecule has 0 unspecified atom stereocenters. The molecule has 0 atom stereocenters. The van der Waals surface area contributed by atoms with Crippen LogP contribution in [0.4, 0.5) is 13.2 Å². The van der Waals surface area contributed by atoms with E-state index in [9.17, 15) is 13.2 Å². The molecule has 1 aromatic heterocycles. The SMILES string of the molecule is COc1ccc(-n2nnnc2C(F)(F)F)cc1Cl. The van der Waals surface area contributed by atoms with Crippen LogP contribution in [0.25, 0.3) is 5.69 Å². The Hall–Kier alpha value is -1.83. The lowest BCUT2D eigenvalue weighted by molar-refractivity contribution is -0.146. The van der Waals surface area contributed by atoms with Crippen molar-refractivity contribution in [3.8, 4) is 11.4 Å². The first-order valence-electron chi connectivity index (χ1n) is 4.63. The van der Waals surface area contributed by atoms with Crippen molar-refractivity contribution in [3.63, 3.8) is 0 Å². The Morgan fingerprint density at radius 2 is 2.06 bits per heavy atom. The van der Waals surface area contributed by atoms with E-state index in [0.717, 1.165) is 0 Å². The van der Waals surface area contributed by atoms with Crippen LogP contribution in [0.15, 0.2) is 18.2 Å². The van der Waals surface area contributed by atoms with Crippen molar-refractivity contribution in [1.29, 1.82) is 0 Å². The van der Waals surface area contributed by atoms with Crippen molar-refractivity contribution in [2.45, 2.75) is 6.18 Å². The third-order valence-electron chi connectivity index (χ3n) is 2.10. The van der Waals surface area contributed by atoms with Gasteiger partial charge in [0, 0.05) is 0 Å². The molecule has 0 fully saturated rings. The Kier molecular flexibility index (Phi) is 3.12. The van der Waals surface area contributed by atoms with E-state index in [1.54, 1.807) is 0 Å². The maximum atomic E-state index is 12.6. The van der Waals surface area contributed by atoms with E-state index in [1.165, 1.54) is 25.3 Å². The summed E-state index contributed by atoms with van der Waals surface area (Å²) >= 11 is 5.82. The average molecular weight is 279 g/mol. The summed E-state index contributed by atoms with van der Waals surface area (Å²) < 4.78 is 43.2. The second kappa shape index (κ2) is 4.45. The molecule has 1 aromatic carbocycles. The molecule has 0 saturated heterocycles. The monoisotopic (exact) mass is 278 g/mol. The normalized spacial score (nSPS) is 11.6. The molecular weight excluding hydrogens is 273 g/mol. The van der Waals surface area contributed by atoms with Crippen LogP contribution < -0.4 is 4.74 Å². The number of tetrazole rings is 1. The van der Waals surface area contributed by atoms with Gasteiger partial charge in [0.1, 0.15) is 5.75 Å². The predicted octanol–water partition coefficient (Wildman–Crippen LogP) is 2.34. The highest BCUT2D eigenvalue weighted by molar-refractivity contribution is 6.32. The maximum absolute atomic E-state index is 12.6. The van der Waals surface area contributed by atoms with E-state index in [0.29, 0.717) is 10.4 Å². The second-order valence-corrected chi connectivity index (χ2v) is 3.64. The molecule has 1 heterocycles. The molecule has 18 heavy (non-hydrogen) atoms. The van der Waals surface area contributed by atoms with E-state index in [2.05, 4.69) is 15.5 Å². The highest BCUT2D eigenvalue weighted by Gasteiger charge is 2.38. The number of ether oxygens (including phenoxy) is 1. The lowest BCUT2D eigenvalue weighted by Crippen LogP contribution is -2.14. The smallest absolute Gasteiger partial charge is 0.453 e. The van der Waals surface area contributed by atoms with E-state index in [1.807, 2.05) is 0 Å². The average Bonchev–Trinajstić information content (AvgIpc) is 2.77. The van der Waals surface area contributed by atoms with Gasteiger partial charge in [-0.1, -0.05) is 11.6 Å². The van der Waals surface area contributed by atoms with E-state index < -0.39 is 12.0 Å². The van der Waals surface area contributed by atoms with Gasteiger partial charge >= 0.3 is 6.18 Å². The van der Waals surface area contributed by atoms with Crippen molar-refractivity contribution in [2.24, 2.45) is 0 Å². The van der Waals surface area contributed by atoms with E-state index >= 15 is 0 Å². The molecule has 5 nitrogen and oxygen atoms in total. The molecule has 0 aliphatic carbocycles. The van der Waals surface area contributed by atoms with Gasteiger partial charge in [-0.3, -0.25) is 0 Å². The molecule has 9 heteroatoms. The molecule has 96 valence electrons. The van der Waals surface area contributed by atoms with E-state index in [-0.39, 0.29) is 10.7 Å². The zero-order valence-electron chi connectivity index (χ0n) is 8.94. The second-order valence-electron chi connectivity index (χ2n) is 3.23. The molecule has 2 rings (SSSR count). The summed E-state index contributed by atoms with van der Waals surface area (Å²) in [5.74, 6) is -0.870. The van der Waals surface area contributed by atoms with Crippen LogP contribution >= 0.6 is 11.6 Å². The lowest BCUT2D eigenvalue weighted by Gasteiger charge is -2.09. The molecule has 0 aliphatic heterocycles. The Bertz CT molecular complexity index is 569.